The lowest BCUT2D eigenvalue weighted by molar-refractivity contribution is -0.134. The summed E-state index contributed by atoms with van der Waals surface area (Å²) in [6.45, 7) is 3.60. The molecule has 0 aromatic heterocycles. The minimum absolute atomic E-state index is 0.0913. The molecule has 140 valence electrons. The molecule has 26 heavy (non-hydrogen) atoms. The summed E-state index contributed by atoms with van der Waals surface area (Å²) >= 11 is 0. The van der Waals surface area contributed by atoms with Gasteiger partial charge in [-0.3, -0.25) is 4.79 Å². The highest BCUT2D eigenvalue weighted by Crippen LogP contribution is 2.22. The van der Waals surface area contributed by atoms with E-state index in [2.05, 4.69) is 30.4 Å². The highest BCUT2D eigenvalue weighted by atomic mass is 16.5. The number of carbonyl (C=O) groups is 1. The largest absolute Gasteiger partial charge is 0.496 e. The van der Waals surface area contributed by atoms with Crippen molar-refractivity contribution < 1.29 is 9.53 Å². The molecule has 0 radical (unpaired) electrons. The Labute approximate surface area is 157 Å². The van der Waals surface area contributed by atoms with Gasteiger partial charge in [0.15, 0.2) is 0 Å². The summed E-state index contributed by atoms with van der Waals surface area (Å²) in [6.07, 6.45) is 2.18. The van der Waals surface area contributed by atoms with Crippen LogP contribution in [-0.4, -0.2) is 37.6 Å². The van der Waals surface area contributed by atoms with Crippen molar-refractivity contribution in [3.05, 3.63) is 65.7 Å². The van der Waals surface area contributed by atoms with E-state index < -0.39 is 0 Å². The van der Waals surface area contributed by atoms with Crippen molar-refractivity contribution in [2.45, 2.75) is 38.8 Å². The number of hydrogen-bond donors (Lipinski definition) is 1. The van der Waals surface area contributed by atoms with Crippen LogP contribution in [0.25, 0.3) is 0 Å². The molecule has 0 bridgehead atoms. The molecule has 1 amide bonds. The van der Waals surface area contributed by atoms with Crippen LogP contribution in [0.3, 0.4) is 0 Å². The first-order valence-corrected chi connectivity index (χ1v) is 9.25. The molecule has 0 aliphatic heterocycles. The number of nitrogens with zero attached hydrogens (tertiary/aromatic N) is 1. The number of para-hydroxylation sites is 1. The number of carbonyl (C=O) groups excluding carboxylic acids is 1. The van der Waals surface area contributed by atoms with Gasteiger partial charge in [-0.05, 0) is 50.6 Å². The van der Waals surface area contributed by atoms with Crippen molar-refractivity contribution in [3.8, 4) is 5.75 Å². The van der Waals surface area contributed by atoms with E-state index in [9.17, 15) is 4.79 Å². The van der Waals surface area contributed by atoms with Crippen molar-refractivity contribution in [2.75, 3.05) is 20.7 Å². The van der Waals surface area contributed by atoms with Crippen molar-refractivity contribution in [1.82, 2.24) is 10.2 Å². The maximum atomic E-state index is 12.9. The molecule has 0 fully saturated rings. The fraction of sp³-hybridized carbons (Fsp3) is 0.409. The summed E-state index contributed by atoms with van der Waals surface area (Å²) < 4.78 is 5.47. The highest BCUT2D eigenvalue weighted by molar-refractivity contribution is 5.76. The fourth-order valence-corrected chi connectivity index (χ4v) is 3.13. The Morgan fingerprint density at radius 3 is 2.50 bits per heavy atom. The number of amides is 1. The van der Waals surface area contributed by atoms with E-state index in [0.717, 1.165) is 36.3 Å². The maximum absolute atomic E-state index is 12.9. The molecule has 0 saturated carbocycles. The first kappa shape index (κ1) is 20.0. The second-order valence-corrected chi connectivity index (χ2v) is 6.58. The summed E-state index contributed by atoms with van der Waals surface area (Å²) in [5.74, 6) is 1.08. The smallest absolute Gasteiger partial charge is 0.223 e. The van der Waals surface area contributed by atoms with Gasteiger partial charge in [-0.2, -0.15) is 0 Å². The zero-order valence-electron chi connectivity index (χ0n) is 16.1. The number of methoxy groups -OCH3 is 1. The standard InChI is InChI=1S/C22H30N2O2/c1-18(16-20-12-7-8-13-21(20)26-3)24(22(25)14-9-15-23-2)17-19-10-5-4-6-11-19/h4-8,10-13,18,23H,9,14-17H2,1-3H3. The average Bonchev–Trinajstić information content (AvgIpc) is 2.67. The quantitative estimate of drug-likeness (QED) is 0.662. The number of benzene rings is 2. The van der Waals surface area contributed by atoms with Crippen molar-refractivity contribution in [1.29, 1.82) is 0 Å². The normalized spacial score (nSPS) is 11.8. The Morgan fingerprint density at radius 2 is 1.81 bits per heavy atom. The number of rotatable bonds is 10. The van der Waals surface area contributed by atoms with Gasteiger partial charge in [0.05, 0.1) is 7.11 Å². The van der Waals surface area contributed by atoms with E-state index in [1.54, 1.807) is 7.11 Å². The topological polar surface area (TPSA) is 41.6 Å². The van der Waals surface area contributed by atoms with Crippen LogP contribution in [0.4, 0.5) is 0 Å². The van der Waals surface area contributed by atoms with Crippen LogP contribution in [0.1, 0.15) is 30.9 Å². The molecule has 0 spiro atoms. The van der Waals surface area contributed by atoms with Gasteiger partial charge < -0.3 is 15.0 Å². The molecule has 2 rings (SSSR count). The lowest BCUT2D eigenvalue weighted by atomic mass is 10.0. The van der Waals surface area contributed by atoms with E-state index in [4.69, 9.17) is 4.74 Å². The Morgan fingerprint density at radius 1 is 1.12 bits per heavy atom. The Bertz CT molecular complexity index is 673. The Kier molecular flexibility index (Phi) is 8.16. The molecule has 0 aliphatic rings. The first-order valence-electron chi connectivity index (χ1n) is 9.25. The molecule has 1 N–H and O–H groups in total. The minimum atomic E-state index is 0.0913. The van der Waals surface area contributed by atoms with Gasteiger partial charge in [0.25, 0.3) is 0 Å². The van der Waals surface area contributed by atoms with E-state index in [1.165, 1.54) is 0 Å². The van der Waals surface area contributed by atoms with E-state index >= 15 is 0 Å². The number of nitrogens with one attached hydrogen (secondary N) is 1. The molecule has 1 atom stereocenters. The fourth-order valence-electron chi connectivity index (χ4n) is 3.13. The van der Waals surface area contributed by atoms with Gasteiger partial charge in [0.1, 0.15) is 5.75 Å². The van der Waals surface area contributed by atoms with Crippen LogP contribution in [0, 0.1) is 0 Å². The summed E-state index contributed by atoms with van der Waals surface area (Å²) in [4.78, 5) is 14.9. The van der Waals surface area contributed by atoms with Crippen molar-refractivity contribution >= 4 is 5.91 Å². The zero-order chi connectivity index (χ0) is 18.8. The van der Waals surface area contributed by atoms with Crippen LogP contribution in [-0.2, 0) is 17.8 Å². The first-order chi connectivity index (χ1) is 12.7. The molecule has 1 unspecified atom stereocenters. The van der Waals surface area contributed by atoms with Gasteiger partial charge in [-0.15, -0.1) is 0 Å². The van der Waals surface area contributed by atoms with Gasteiger partial charge in [-0.25, -0.2) is 0 Å². The van der Waals surface area contributed by atoms with Gasteiger partial charge in [0.2, 0.25) is 5.91 Å². The molecule has 0 heterocycles. The average molecular weight is 354 g/mol. The number of ether oxygens (including phenoxy) is 1. The zero-order valence-corrected chi connectivity index (χ0v) is 16.1. The van der Waals surface area contributed by atoms with Gasteiger partial charge >= 0.3 is 0 Å². The van der Waals surface area contributed by atoms with Crippen LogP contribution in [0.15, 0.2) is 54.6 Å². The lowest BCUT2D eigenvalue weighted by Crippen LogP contribution is -2.39. The van der Waals surface area contributed by atoms with Crippen LogP contribution < -0.4 is 10.1 Å². The molecule has 4 heteroatoms. The third-order valence-corrected chi connectivity index (χ3v) is 4.57. The molecule has 2 aromatic rings. The van der Waals surface area contributed by atoms with Crippen LogP contribution >= 0.6 is 0 Å². The van der Waals surface area contributed by atoms with Gasteiger partial charge in [-0.1, -0.05) is 48.5 Å². The van der Waals surface area contributed by atoms with Crippen molar-refractivity contribution in [3.63, 3.8) is 0 Å². The van der Waals surface area contributed by atoms with Crippen molar-refractivity contribution in [2.24, 2.45) is 0 Å². The SMILES string of the molecule is CNCCCC(=O)N(Cc1ccccc1)C(C)Cc1ccccc1OC. The summed E-state index contributed by atoms with van der Waals surface area (Å²) in [5, 5.41) is 3.11. The van der Waals surface area contributed by atoms with E-state index in [0.29, 0.717) is 13.0 Å². The molecule has 2 aromatic carbocycles. The molecule has 0 aliphatic carbocycles. The second-order valence-electron chi connectivity index (χ2n) is 6.58. The summed E-state index contributed by atoms with van der Waals surface area (Å²) in [5.41, 5.74) is 2.28. The Balaban J connectivity index is 2.14. The lowest BCUT2D eigenvalue weighted by Gasteiger charge is -2.30. The third-order valence-electron chi connectivity index (χ3n) is 4.57. The Hall–Kier alpha value is -2.33. The van der Waals surface area contributed by atoms with Crippen LogP contribution in [0.5, 0.6) is 5.75 Å². The number of hydrogen-bond acceptors (Lipinski definition) is 3. The summed E-state index contributed by atoms with van der Waals surface area (Å²) in [6, 6.07) is 18.3. The van der Waals surface area contributed by atoms with Crippen LogP contribution in [0.2, 0.25) is 0 Å². The maximum Gasteiger partial charge on any atom is 0.223 e. The highest BCUT2D eigenvalue weighted by Gasteiger charge is 2.21. The van der Waals surface area contributed by atoms with E-state index in [1.807, 2.05) is 48.3 Å². The third kappa shape index (κ3) is 5.88. The monoisotopic (exact) mass is 354 g/mol. The molecule has 4 nitrogen and oxygen atoms in total. The van der Waals surface area contributed by atoms with E-state index in [-0.39, 0.29) is 11.9 Å². The summed E-state index contributed by atoms with van der Waals surface area (Å²) in [7, 11) is 3.60. The predicted octanol–water partition coefficient (Wildman–Crippen LogP) is 3.65. The predicted molar refractivity (Wildman–Crippen MR) is 106 cm³/mol. The minimum Gasteiger partial charge on any atom is -0.496 e. The molecule has 0 saturated heterocycles. The van der Waals surface area contributed by atoms with Gasteiger partial charge in [0, 0.05) is 19.0 Å². The second kappa shape index (κ2) is 10.6. The molecular weight excluding hydrogens is 324 g/mol. The molecular formula is C22H30N2O2.